The Hall–Kier alpha value is -1.23. The van der Waals surface area contributed by atoms with Crippen LogP contribution in [0.5, 0.6) is 0 Å². The van der Waals surface area contributed by atoms with Crippen molar-refractivity contribution in [2.75, 3.05) is 5.32 Å². The van der Waals surface area contributed by atoms with Gasteiger partial charge in [-0.15, -0.1) is 10.2 Å². The summed E-state index contributed by atoms with van der Waals surface area (Å²) in [4.78, 5) is 11.8. The number of amides is 1. The minimum Gasteiger partial charge on any atom is -0.301 e. The maximum atomic E-state index is 11.8. The molecule has 4 nitrogen and oxygen atoms in total. The number of hydrogen-bond donors (Lipinski definition) is 1. The number of aromatic nitrogens is 2. The Bertz CT molecular complexity index is 450. The van der Waals surface area contributed by atoms with Crippen LogP contribution in [-0.2, 0) is 4.79 Å². The van der Waals surface area contributed by atoms with E-state index >= 15 is 0 Å². The number of rotatable bonds is 4. The third kappa shape index (κ3) is 2.72. The van der Waals surface area contributed by atoms with Crippen molar-refractivity contribution in [1.29, 1.82) is 0 Å². The van der Waals surface area contributed by atoms with Crippen molar-refractivity contribution in [3.05, 3.63) is 17.2 Å². The zero-order valence-corrected chi connectivity index (χ0v) is 10.4. The molecule has 0 aromatic carbocycles. The number of hydrogen-bond acceptors (Lipinski definition) is 4. The summed E-state index contributed by atoms with van der Waals surface area (Å²) >= 11 is 1.52. The summed E-state index contributed by atoms with van der Waals surface area (Å²) < 4.78 is 0. The van der Waals surface area contributed by atoms with Gasteiger partial charge in [0.1, 0.15) is 5.01 Å². The first-order chi connectivity index (χ1) is 8.31. The molecule has 1 aromatic heterocycles. The molecule has 17 heavy (non-hydrogen) atoms. The standard InChI is InChI=1S/C12H15N3OS/c16-10(7-8-3-1-2-4-8)13-12-15-14-11(17-12)9-5-6-9/h1,3,8-9H,2,4-7H2,(H,13,15,16). The molecule has 0 radical (unpaired) electrons. The highest BCUT2D eigenvalue weighted by molar-refractivity contribution is 7.15. The summed E-state index contributed by atoms with van der Waals surface area (Å²) in [6.45, 7) is 0. The van der Waals surface area contributed by atoms with Crippen LogP contribution in [0.25, 0.3) is 0 Å². The van der Waals surface area contributed by atoms with Gasteiger partial charge in [-0.2, -0.15) is 0 Å². The molecule has 0 aliphatic heterocycles. The van der Waals surface area contributed by atoms with E-state index in [9.17, 15) is 4.79 Å². The Morgan fingerprint density at radius 3 is 3.00 bits per heavy atom. The fraction of sp³-hybridized carbons (Fsp3) is 0.583. The van der Waals surface area contributed by atoms with Crippen LogP contribution in [0, 0.1) is 5.92 Å². The van der Waals surface area contributed by atoms with Gasteiger partial charge in [-0.25, -0.2) is 0 Å². The quantitative estimate of drug-likeness (QED) is 0.835. The second-order valence-electron chi connectivity index (χ2n) is 4.74. The maximum Gasteiger partial charge on any atom is 0.226 e. The second kappa shape index (κ2) is 4.56. The third-order valence-electron chi connectivity index (χ3n) is 3.17. The van der Waals surface area contributed by atoms with Crippen LogP contribution in [0.2, 0.25) is 0 Å². The zero-order chi connectivity index (χ0) is 11.7. The van der Waals surface area contributed by atoms with Crippen LogP contribution in [-0.4, -0.2) is 16.1 Å². The number of anilines is 1. The predicted molar refractivity (Wildman–Crippen MR) is 67.0 cm³/mol. The highest BCUT2D eigenvalue weighted by Gasteiger charge is 2.27. The largest absolute Gasteiger partial charge is 0.301 e. The van der Waals surface area contributed by atoms with Gasteiger partial charge in [0.2, 0.25) is 11.0 Å². The van der Waals surface area contributed by atoms with Gasteiger partial charge in [0, 0.05) is 12.3 Å². The van der Waals surface area contributed by atoms with Crippen LogP contribution in [0.1, 0.15) is 43.0 Å². The lowest BCUT2D eigenvalue weighted by Gasteiger charge is -2.05. The van der Waals surface area contributed by atoms with E-state index in [-0.39, 0.29) is 5.91 Å². The fourth-order valence-corrected chi connectivity index (χ4v) is 2.98. The van der Waals surface area contributed by atoms with Crippen molar-refractivity contribution >= 4 is 22.4 Å². The molecular weight excluding hydrogens is 234 g/mol. The molecule has 2 aliphatic carbocycles. The number of carbonyl (C=O) groups excluding carboxylic acids is 1. The SMILES string of the molecule is O=C(CC1C=CCC1)Nc1nnc(C2CC2)s1. The molecule has 0 saturated heterocycles. The summed E-state index contributed by atoms with van der Waals surface area (Å²) in [5, 5.41) is 12.7. The maximum absolute atomic E-state index is 11.8. The van der Waals surface area contributed by atoms with Gasteiger partial charge in [-0.3, -0.25) is 4.79 Å². The van der Waals surface area contributed by atoms with Gasteiger partial charge in [-0.05, 0) is 31.6 Å². The molecule has 5 heteroatoms. The number of nitrogens with zero attached hydrogens (tertiary/aromatic N) is 2. The van der Waals surface area contributed by atoms with Crippen molar-refractivity contribution in [1.82, 2.24) is 10.2 Å². The molecule has 1 unspecified atom stereocenters. The van der Waals surface area contributed by atoms with Gasteiger partial charge >= 0.3 is 0 Å². The van der Waals surface area contributed by atoms with Crippen molar-refractivity contribution < 1.29 is 4.79 Å². The molecule has 90 valence electrons. The summed E-state index contributed by atoms with van der Waals surface area (Å²) in [6, 6.07) is 0. The van der Waals surface area contributed by atoms with E-state index in [0.29, 0.717) is 23.4 Å². The summed E-state index contributed by atoms with van der Waals surface area (Å²) in [6.07, 6.45) is 9.47. The minimum absolute atomic E-state index is 0.0556. The molecule has 0 spiro atoms. The Labute approximate surface area is 104 Å². The summed E-state index contributed by atoms with van der Waals surface area (Å²) in [5.41, 5.74) is 0. The lowest BCUT2D eigenvalue weighted by atomic mass is 10.1. The first-order valence-electron chi connectivity index (χ1n) is 6.11. The number of allylic oxidation sites excluding steroid dienone is 2. The first kappa shape index (κ1) is 10.9. The van der Waals surface area contributed by atoms with E-state index in [0.717, 1.165) is 17.8 Å². The number of nitrogens with one attached hydrogen (secondary N) is 1. The van der Waals surface area contributed by atoms with Gasteiger partial charge in [-0.1, -0.05) is 23.5 Å². The average molecular weight is 249 g/mol. The van der Waals surface area contributed by atoms with Gasteiger partial charge in [0.15, 0.2) is 0 Å². The van der Waals surface area contributed by atoms with Crippen LogP contribution in [0.15, 0.2) is 12.2 Å². The number of carbonyl (C=O) groups is 1. The van der Waals surface area contributed by atoms with E-state index < -0.39 is 0 Å². The highest BCUT2D eigenvalue weighted by atomic mass is 32.1. The second-order valence-corrected chi connectivity index (χ2v) is 5.75. The zero-order valence-electron chi connectivity index (χ0n) is 9.56. The lowest BCUT2D eigenvalue weighted by molar-refractivity contribution is -0.116. The van der Waals surface area contributed by atoms with E-state index in [1.807, 2.05) is 0 Å². The van der Waals surface area contributed by atoms with E-state index in [1.54, 1.807) is 0 Å². The topological polar surface area (TPSA) is 54.9 Å². The molecule has 1 aromatic rings. The van der Waals surface area contributed by atoms with Crippen LogP contribution >= 0.6 is 11.3 Å². The Morgan fingerprint density at radius 2 is 2.29 bits per heavy atom. The van der Waals surface area contributed by atoms with Gasteiger partial charge < -0.3 is 5.32 Å². The molecule has 3 rings (SSSR count). The van der Waals surface area contributed by atoms with Crippen LogP contribution < -0.4 is 5.32 Å². The van der Waals surface area contributed by atoms with Crippen molar-refractivity contribution in [2.24, 2.45) is 5.92 Å². The molecule has 2 aliphatic rings. The molecule has 1 heterocycles. The summed E-state index contributed by atoms with van der Waals surface area (Å²) in [5.74, 6) is 1.07. The molecule has 1 N–H and O–H groups in total. The van der Waals surface area contributed by atoms with Crippen molar-refractivity contribution in [2.45, 2.75) is 38.0 Å². The van der Waals surface area contributed by atoms with E-state index in [2.05, 4.69) is 27.7 Å². The van der Waals surface area contributed by atoms with E-state index in [4.69, 9.17) is 0 Å². The predicted octanol–water partition coefficient (Wildman–Crippen LogP) is 2.71. The average Bonchev–Trinajstić information content (AvgIpc) is 2.84. The normalized spacial score (nSPS) is 22.9. The molecule has 0 bridgehead atoms. The third-order valence-corrected chi connectivity index (χ3v) is 4.17. The van der Waals surface area contributed by atoms with Crippen molar-refractivity contribution in [3.63, 3.8) is 0 Å². The molecular formula is C12H15N3OS. The van der Waals surface area contributed by atoms with Crippen LogP contribution in [0.3, 0.4) is 0 Å². The smallest absolute Gasteiger partial charge is 0.226 e. The molecule has 1 fully saturated rings. The molecule has 1 amide bonds. The lowest BCUT2D eigenvalue weighted by Crippen LogP contribution is -2.14. The van der Waals surface area contributed by atoms with Gasteiger partial charge in [0.25, 0.3) is 0 Å². The van der Waals surface area contributed by atoms with Crippen LogP contribution in [0.4, 0.5) is 5.13 Å². The Kier molecular flexibility index (Phi) is 2.93. The molecule has 1 atom stereocenters. The monoisotopic (exact) mass is 249 g/mol. The summed E-state index contributed by atoms with van der Waals surface area (Å²) in [7, 11) is 0. The minimum atomic E-state index is 0.0556. The van der Waals surface area contributed by atoms with Crippen molar-refractivity contribution in [3.8, 4) is 0 Å². The van der Waals surface area contributed by atoms with Gasteiger partial charge in [0.05, 0.1) is 0 Å². The Morgan fingerprint density at radius 1 is 1.41 bits per heavy atom. The fourth-order valence-electron chi connectivity index (χ4n) is 2.05. The highest BCUT2D eigenvalue weighted by Crippen LogP contribution is 2.42. The first-order valence-corrected chi connectivity index (χ1v) is 6.93. The Balaban J connectivity index is 1.53. The van der Waals surface area contributed by atoms with E-state index in [1.165, 1.54) is 24.2 Å². The molecule has 1 saturated carbocycles.